The van der Waals surface area contributed by atoms with Crippen molar-refractivity contribution in [1.82, 2.24) is 0 Å². The van der Waals surface area contributed by atoms with Crippen LogP contribution in [0, 0.1) is 0 Å². The summed E-state index contributed by atoms with van der Waals surface area (Å²) < 4.78 is 15.2. The monoisotopic (exact) mass is 190 g/mol. The minimum Gasteiger partial charge on any atom is -0.511 e. The summed E-state index contributed by atoms with van der Waals surface area (Å²) >= 11 is 0. The fourth-order valence-corrected chi connectivity index (χ4v) is 1.68. The summed E-state index contributed by atoms with van der Waals surface area (Å²) in [5.74, 6) is 0. The average Bonchev–Trinajstić information content (AvgIpc) is 2.02. The third-order valence-corrected chi connectivity index (χ3v) is 2.39. The fourth-order valence-electron chi connectivity index (χ4n) is 1.11. The van der Waals surface area contributed by atoms with Crippen LogP contribution in [0.4, 0.5) is 0 Å². The molecular formula is C8H18O3Si. The number of hydrogen-bond acceptors (Lipinski definition) is 2. The normalized spacial score (nSPS) is 12.5. The van der Waals surface area contributed by atoms with Crippen molar-refractivity contribution in [2.24, 2.45) is 0 Å². The van der Waals surface area contributed by atoms with Crippen LogP contribution in [0.15, 0.2) is 0 Å². The Morgan fingerprint density at radius 1 is 1.42 bits per heavy atom. The second-order valence-electron chi connectivity index (χ2n) is 2.91. The first-order chi connectivity index (χ1) is 5.70. The van der Waals surface area contributed by atoms with Gasteiger partial charge in [-0.1, -0.05) is 26.7 Å². The van der Waals surface area contributed by atoms with Crippen molar-refractivity contribution in [1.29, 1.82) is 0 Å². The predicted molar refractivity (Wildman–Crippen MR) is 48.0 cm³/mol. The summed E-state index contributed by atoms with van der Waals surface area (Å²) in [5, 5.41) is 0. The van der Waals surface area contributed by atoms with E-state index in [1.54, 1.807) is 0 Å². The SMILES string of the molecule is CCCCCC(CC)O[Si](=O)O. The van der Waals surface area contributed by atoms with Crippen molar-refractivity contribution in [2.75, 3.05) is 0 Å². The van der Waals surface area contributed by atoms with E-state index in [0.717, 1.165) is 19.3 Å². The lowest BCUT2D eigenvalue weighted by Gasteiger charge is -2.13. The van der Waals surface area contributed by atoms with Gasteiger partial charge in [0.25, 0.3) is 0 Å². The molecule has 0 fully saturated rings. The van der Waals surface area contributed by atoms with Crippen molar-refractivity contribution in [3.8, 4) is 0 Å². The van der Waals surface area contributed by atoms with Gasteiger partial charge in [-0.05, 0) is 19.3 Å². The molecule has 3 nitrogen and oxygen atoms in total. The van der Waals surface area contributed by atoms with Crippen LogP contribution in [-0.2, 0) is 8.89 Å². The molecule has 0 bridgehead atoms. The van der Waals surface area contributed by atoms with Gasteiger partial charge in [-0.25, -0.2) is 0 Å². The summed E-state index contributed by atoms with van der Waals surface area (Å²) in [6, 6.07) is 0. The zero-order valence-corrected chi connectivity index (χ0v) is 8.88. The van der Waals surface area contributed by atoms with E-state index < -0.39 is 9.17 Å². The molecule has 1 atom stereocenters. The molecule has 0 radical (unpaired) electrons. The molecule has 0 heterocycles. The van der Waals surface area contributed by atoms with Crippen molar-refractivity contribution in [2.45, 2.75) is 52.1 Å². The lowest BCUT2D eigenvalue weighted by atomic mass is 10.1. The molecule has 4 heteroatoms. The first kappa shape index (κ1) is 11.6. The smallest absolute Gasteiger partial charge is 0.511 e. The first-order valence-corrected chi connectivity index (χ1v) is 5.86. The van der Waals surface area contributed by atoms with E-state index in [-0.39, 0.29) is 6.10 Å². The molecule has 1 N–H and O–H groups in total. The zero-order chi connectivity index (χ0) is 9.40. The van der Waals surface area contributed by atoms with Crippen LogP contribution in [0.25, 0.3) is 0 Å². The highest BCUT2D eigenvalue weighted by Crippen LogP contribution is 2.09. The minimum atomic E-state index is -2.73. The van der Waals surface area contributed by atoms with Gasteiger partial charge < -0.3 is 9.22 Å². The van der Waals surface area contributed by atoms with Crippen LogP contribution < -0.4 is 0 Å². The van der Waals surface area contributed by atoms with E-state index in [1.807, 2.05) is 6.92 Å². The van der Waals surface area contributed by atoms with Crippen LogP contribution in [0.2, 0.25) is 0 Å². The highest BCUT2D eigenvalue weighted by Gasteiger charge is 2.12. The Kier molecular flexibility index (Phi) is 7.04. The molecule has 0 aromatic heterocycles. The van der Waals surface area contributed by atoms with E-state index >= 15 is 0 Å². The minimum absolute atomic E-state index is 0.0204. The van der Waals surface area contributed by atoms with Gasteiger partial charge in [0.1, 0.15) is 0 Å². The maximum Gasteiger partial charge on any atom is 0.764 e. The van der Waals surface area contributed by atoms with Crippen LogP contribution in [0.1, 0.15) is 46.0 Å². The second kappa shape index (κ2) is 7.28. The topological polar surface area (TPSA) is 46.5 Å². The highest BCUT2D eigenvalue weighted by atomic mass is 28.3. The Bertz CT molecular complexity index is 127. The van der Waals surface area contributed by atoms with E-state index in [4.69, 9.17) is 9.22 Å². The Morgan fingerprint density at radius 3 is 2.50 bits per heavy atom. The van der Waals surface area contributed by atoms with Crippen LogP contribution >= 0.6 is 0 Å². The van der Waals surface area contributed by atoms with E-state index in [9.17, 15) is 4.46 Å². The molecule has 12 heavy (non-hydrogen) atoms. The molecule has 0 aromatic rings. The maximum atomic E-state index is 10.4. The van der Waals surface area contributed by atoms with Crippen molar-refractivity contribution in [3.63, 3.8) is 0 Å². The van der Waals surface area contributed by atoms with Crippen LogP contribution in [0.3, 0.4) is 0 Å². The number of unbranched alkanes of at least 4 members (excludes halogenated alkanes) is 2. The Hall–Kier alpha value is -0.383. The fraction of sp³-hybridized carbons (Fsp3) is 1.00. The summed E-state index contributed by atoms with van der Waals surface area (Å²) in [6.07, 6.45) is 5.14. The maximum absolute atomic E-state index is 10.4. The largest absolute Gasteiger partial charge is 0.764 e. The first-order valence-electron chi connectivity index (χ1n) is 4.60. The van der Waals surface area contributed by atoms with Gasteiger partial charge in [-0.3, -0.25) is 4.46 Å². The molecule has 0 aliphatic rings. The summed E-state index contributed by atoms with van der Waals surface area (Å²) in [7, 11) is -2.73. The van der Waals surface area contributed by atoms with Gasteiger partial charge in [-0.2, -0.15) is 0 Å². The van der Waals surface area contributed by atoms with Crippen LogP contribution in [0.5, 0.6) is 0 Å². The van der Waals surface area contributed by atoms with Gasteiger partial charge in [0.2, 0.25) is 0 Å². The molecular weight excluding hydrogens is 172 g/mol. The van der Waals surface area contributed by atoms with Gasteiger partial charge in [0.05, 0.1) is 6.10 Å². The number of rotatable bonds is 7. The van der Waals surface area contributed by atoms with Crippen molar-refractivity contribution in [3.05, 3.63) is 0 Å². The molecule has 72 valence electrons. The van der Waals surface area contributed by atoms with E-state index in [0.29, 0.717) is 0 Å². The summed E-state index contributed by atoms with van der Waals surface area (Å²) in [6.45, 7) is 4.11. The van der Waals surface area contributed by atoms with Gasteiger partial charge in [0.15, 0.2) is 0 Å². The van der Waals surface area contributed by atoms with E-state index in [2.05, 4.69) is 6.92 Å². The molecule has 0 rings (SSSR count). The quantitative estimate of drug-likeness (QED) is 0.491. The molecule has 0 aromatic carbocycles. The molecule has 0 saturated carbocycles. The van der Waals surface area contributed by atoms with E-state index in [1.165, 1.54) is 12.8 Å². The third-order valence-electron chi connectivity index (χ3n) is 1.85. The van der Waals surface area contributed by atoms with Crippen molar-refractivity contribution < 1.29 is 13.7 Å². The number of hydrogen-bond donors (Lipinski definition) is 1. The molecule has 0 spiro atoms. The standard InChI is InChI=1S/C8H18O3Si/c1-3-5-6-7-8(4-2)11-12(9)10/h8-9H,3-7H2,1-2H3. The molecule has 1 unspecified atom stereocenters. The second-order valence-corrected chi connectivity index (χ2v) is 3.68. The van der Waals surface area contributed by atoms with Crippen LogP contribution in [-0.4, -0.2) is 20.1 Å². The summed E-state index contributed by atoms with van der Waals surface area (Å²) in [4.78, 5) is 8.53. The average molecular weight is 190 g/mol. The van der Waals surface area contributed by atoms with Gasteiger partial charge in [0, 0.05) is 0 Å². The molecule has 0 aliphatic carbocycles. The Labute approximate surface area is 75.7 Å². The van der Waals surface area contributed by atoms with Gasteiger partial charge in [-0.15, -0.1) is 0 Å². The molecule has 0 amide bonds. The predicted octanol–water partition coefficient (Wildman–Crippen LogP) is 1.77. The third kappa shape index (κ3) is 6.33. The van der Waals surface area contributed by atoms with Gasteiger partial charge >= 0.3 is 9.17 Å². The lowest BCUT2D eigenvalue weighted by molar-refractivity contribution is 0.132. The highest BCUT2D eigenvalue weighted by molar-refractivity contribution is 6.24. The Morgan fingerprint density at radius 2 is 2.08 bits per heavy atom. The molecule has 0 aliphatic heterocycles. The Balaban J connectivity index is 3.46. The molecule has 0 saturated heterocycles. The summed E-state index contributed by atoms with van der Waals surface area (Å²) in [5.41, 5.74) is 0. The zero-order valence-electron chi connectivity index (χ0n) is 7.88. The van der Waals surface area contributed by atoms with Crippen molar-refractivity contribution >= 4 is 9.17 Å². The lowest BCUT2D eigenvalue weighted by Crippen LogP contribution is -2.18.